The van der Waals surface area contributed by atoms with Gasteiger partial charge in [-0.05, 0) is 42.7 Å². The predicted molar refractivity (Wildman–Crippen MR) is 107 cm³/mol. The SMILES string of the molecule is CCc1ccc(C(C)NC(=O)CC2Sc3ccc(Cl)cc3NC2=O)cc1. The van der Waals surface area contributed by atoms with Crippen LogP contribution in [0.4, 0.5) is 5.69 Å². The quantitative estimate of drug-likeness (QED) is 0.788. The van der Waals surface area contributed by atoms with Crippen molar-refractivity contribution in [3.8, 4) is 0 Å². The standard InChI is InChI=1S/C20H21ClN2O2S/c1-3-13-4-6-14(7-5-13)12(2)22-19(24)11-18-20(25)23-16-10-15(21)8-9-17(16)26-18/h4-10,12,18H,3,11H2,1-2H3,(H,22,24)(H,23,25). The first-order valence-corrected chi connectivity index (χ1v) is 9.87. The zero-order valence-electron chi connectivity index (χ0n) is 14.7. The Morgan fingerprint density at radius 3 is 2.69 bits per heavy atom. The van der Waals surface area contributed by atoms with Crippen LogP contribution in [0.15, 0.2) is 47.4 Å². The summed E-state index contributed by atoms with van der Waals surface area (Å²) in [6.45, 7) is 4.06. The van der Waals surface area contributed by atoms with Gasteiger partial charge in [0, 0.05) is 16.3 Å². The zero-order chi connectivity index (χ0) is 18.7. The fraction of sp³-hybridized carbons (Fsp3) is 0.300. The Hall–Kier alpha value is -1.98. The lowest BCUT2D eigenvalue weighted by molar-refractivity contribution is -0.124. The number of carbonyl (C=O) groups excluding carboxylic acids is 2. The van der Waals surface area contributed by atoms with Gasteiger partial charge < -0.3 is 10.6 Å². The van der Waals surface area contributed by atoms with Crippen LogP contribution in [0.1, 0.15) is 37.4 Å². The molecule has 136 valence electrons. The summed E-state index contributed by atoms with van der Waals surface area (Å²) in [4.78, 5) is 25.6. The van der Waals surface area contributed by atoms with Gasteiger partial charge in [0.25, 0.3) is 0 Å². The predicted octanol–water partition coefficient (Wildman–Crippen LogP) is 4.58. The molecule has 0 spiro atoms. The summed E-state index contributed by atoms with van der Waals surface area (Å²) < 4.78 is 0. The molecule has 26 heavy (non-hydrogen) atoms. The molecule has 2 N–H and O–H groups in total. The molecule has 0 aromatic heterocycles. The van der Waals surface area contributed by atoms with Crippen molar-refractivity contribution in [2.24, 2.45) is 0 Å². The van der Waals surface area contributed by atoms with Gasteiger partial charge in [-0.2, -0.15) is 0 Å². The van der Waals surface area contributed by atoms with E-state index in [1.165, 1.54) is 17.3 Å². The number of benzene rings is 2. The molecule has 0 fully saturated rings. The third-order valence-electron chi connectivity index (χ3n) is 4.40. The zero-order valence-corrected chi connectivity index (χ0v) is 16.3. The minimum Gasteiger partial charge on any atom is -0.350 e. The maximum absolute atomic E-state index is 12.4. The molecule has 2 aromatic rings. The van der Waals surface area contributed by atoms with Crippen molar-refractivity contribution in [3.05, 3.63) is 58.6 Å². The van der Waals surface area contributed by atoms with Crippen molar-refractivity contribution in [2.45, 2.75) is 42.9 Å². The third kappa shape index (κ3) is 4.40. The highest BCUT2D eigenvalue weighted by Crippen LogP contribution is 2.38. The fourth-order valence-electron chi connectivity index (χ4n) is 2.85. The third-order valence-corrected chi connectivity index (χ3v) is 5.91. The van der Waals surface area contributed by atoms with Crippen LogP contribution in [0, 0.1) is 0 Å². The number of hydrogen-bond donors (Lipinski definition) is 2. The number of anilines is 1. The second-order valence-electron chi connectivity index (χ2n) is 6.32. The molecule has 0 radical (unpaired) electrons. The first-order chi connectivity index (χ1) is 12.5. The van der Waals surface area contributed by atoms with Crippen LogP contribution in [0.5, 0.6) is 0 Å². The Kier molecular flexibility index (Phi) is 5.89. The van der Waals surface area contributed by atoms with Crippen LogP contribution in [-0.4, -0.2) is 17.1 Å². The first kappa shape index (κ1) is 18.8. The molecule has 6 heteroatoms. The molecular formula is C20H21ClN2O2S. The van der Waals surface area contributed by atoms with Crippen molar-refractivity contribution < 1.29 is 9.59 Å². The van der Waals surface area contributed by atoms with Gasteiger partial charge in [0.15, 0.2) is 0 Å². The maximum Gasteiger partial charge on any atom is 0.238 e. The largest absolute Gasteiger partial charge is 0.350 e. The van der Waals surface area contributed by atoms with Crippen molar-refractivity contribution >= 4 is 40.9 Å². The van der Waals surface area contributed by atoms with E-state index in [2.05, 4.69) is 29.7 Å². The lowest BCUT2D eigenvalue weighted by Crippen LogP contribution is -2.35. The maximum atomic E-state index is 12.4. The molecule has 2 amide bonds. The number of halogens is 1. The number of fused-ring (bicyclic) bond motifs is 1. The molecule has 1 aliphatic heterocycles. The summed E-state index contributed by atoms with van der Waals surface area (Å²) in [5, 5.41) is 5.94. The Labute approximate surface area is 162 Å². The number of carbonyl (C=O) groups is 2. The molecule has 3 rings (SSSR count). The van der Waals surface area contributed by atoms with Crippen LogP contribution in [-0.2, 0) is 16.0 Å². The molecule has 0 saturated carbocycles. The topological polar surface area (TPSA) is 58.2 Å². The van der Waals surface area contributed by atoms with E-state index < -0.39 is 5.25 Å². The summed E-state index contributed by atoms with van der Waals surface area (Å²) in [6.07, 6.45) is 1.12. The van der Waals surface area contributed by atoms with Crippen molar-refractivity contribution in [2.75, 3.05) is 5.32 Å². The second-order valence-corrected chi connectivity index (χ2v) is 8.01. The van der Waals surface area contributed by atoms with E-state index in [0.29, 0.717) is 10.7 Å². The van der Waals surface area contributed by atoms with Crippen molar-refractivity contribution in [1.29, 1.82) is 0 Å². The molecule has 1 heterocycles. The highest BCUT2D eigenvalue weighted by Gasteiger charge is 2.29. The average Bonchev–Trinajstić information content (AvgIpc) is 2.62. The molecule has 2 aromatic carbocycles. The Morgan fingerprint density at radius 2 is 2.00 bits per heavy atom. The van der Waals surface area contributed by atoms with Crippen LogP contribution in [0.2, 0.25) is 5.02 Å². The minimum absolute atomic E-state index is 0.101. The summed E-state index contributed by atoms with van der Waals surface area (Å²) in [5.41, 5.74) is 3.02. The van der Waals surface area contributed by atoms with Gasteiger partial charge in [0.05, 0.1) is 17.0 Å². The number of thioether (sulfide) groups is 1. The molecule has 0 saturated heterocycles. The number of hydrogen-bond acceptors (Lipinski definition) is 3. The molecule has 0 aliphatic carbocycles. The minimum atomic E-state index is -0.446. The van der Waals surface area contributed by atoms with Gasteiger partial charge >= 0.3 is 0 Å². The summed E-state index contributed by atoms with van der Waals surface area (Å²) in [7, 11) is 0. The second kappa shape index (κ2) is 8.14. The van der Waals surface area contributed by atoms with E-state index in [9.17, 15) is 9.59 Å². The lowest BCUT2D eigenvalue weighted by Gasteiger charge is -2.24. The molecule has 2 unspecified atom stereocenters. The molecule has 1 aliphatic rings. The van der Waals surface area contributed by atoms with E-state index in [1.807, 2.05) is 25.1 Å². The van der Waals surface area contributed by atoms with Crippen LogP contribution >= 0.6 is 23.4 Å². The van der Waals surface area contributed by atoms with Crippen LogP contribution in [0.3, 0.4) is 0 Å². The molecule has 4 nitrogen and oxygen atoms in total. The summed E-state index contributed by atoms with van der Waals surface area (Å²) in [5.74, 6) is -0.304. The van der Waals surface area contributed by atoms with Gasteiger partial charge in [-0.1, -0.05) is 42.8 Å². The smallest absolute Gasteiger partial charge is 0.238 e. The molecular weight excluding hydrogens is 368 g/mol. The van der Waals surface area contributed by atoms with Crippen LogP contribution < -0.4 is 10.6 Å². The monoisotopic (exact) mass is 388 g/mol. The van der Waals surface area contributed by atoms with E-state index >= 15 is 0 Å². The fourth-order valence-corrected chi connectivity index (χ4v) is 4.11. The lowest BCUT2D eigenvalue weighted by atomic mass is 10.0. The van der Waals surface area contributed by atoms with Gasteiger partial charge in [-0.15, -0.1) is 11.8 Å². The number of aryl methyl sites for hydroxylation is 1. The highest BCUT2D eigenvalue weighted by molar-refractivity contribution is 8.01. The number of amides is 2. The van der Waals surface area contributed by atoms with E-state index in [0.717, 1.165) is 16.9 Å². The Balaban J connectivity index is 1.60. The average molecular weight is 389 g/mol. The Morgan fingerprint density at radius 1 is 1.27 bits per heavy atom. The highest BCUT2D eigenvalue weighted by atomic mass is 35.5. The number of rotatable bonds is 5. The Bertz CT molecular complexity index is 823. The van der Waals surface area contributed by atoms with Crippen molar-refractivity contribution in [3.63, 3.8) is 0 Å². The number of nitrogens with one attached hydrogen (secondary N) is 2. The van der Waals surface area contributed by atoms with Crippen molar-refractivity contribution in [1.82, 2.24) is 5.32 Å². The van der Waals surface area contributed by atoms with Crippen LogP contribution in [0.25, 0.3) is 0 Å². The van der Waals surface area contributed by atoms with E-state index in [4.69, 9.17) is 11.6 Å². The van der Waals surface area contributed by atoms with E-state index in [-0.39, 0.29) is 24.3 Å². The van der Waals surface area contributed by atoms with Gasteiger partial charge in [-0.25, -0.2) is 0 Å². The summed E-state index contributed by atoms with van der Waals surface area (Å²) >= 11 is 7.35. The van der Waals surface area contributed by atoms with Gasteiger partial charge in [-0.3, -0.25) is 9.59 Å². The molecule has 0 bridgehead atoms. The van der Waals surface area contributed by atoms with Gasteiger partial charge in [0.2, 0.25) is 11.8 Å². The van der Waals surface area contributed by atoms with E-state index in [1.54, 1.807) is 12.1 Å². The molecule has 2 atom stereocenters. The van der Waals surface area contributed by atoms with Gasteiger partial charge in [0.1, 0.15) is 0 Å². The summed E-state index contributed by atoms with van der Waals surface area (Å²) in [6, 6.07) is 13.5. The normalized spacial score (nSPS) is 17.2. The first-order valence-electron chi connectivity index (χ1n) is 8.61.